The Labute approximate surface area is 173 Å². The number of ether oxygens (including phenoxy) is 3. The van der Waals surface area contributed by atoms with E-state index in [0.717, 1.165) is 36.6 Å². The summed E-state index contributed by atoms with van der Waals surface area (Å²) in [6.07, 6.45) is 1.45. The summed E-state index contributed by atoms with van der Waals surface area (Å²) < 4.78 is 18.1. The van der Waals surface area contributed by atoms with E-state index in [1.165, 1.54) is 32.0 Å². The molecule has 10 heteroatoms. The largest absolute Gasteiger partial charge is 0.493 e. The highest BCUT2D eigenvalue weighted by atomic mass is 32.1. The third kappa shape index (κ3) is 3.47. The molecule has 4 rings (SSSR count). The summed E-state index contributed by atoms with van der Waals surface area (Å²) >= 11 is 1.46. The molecule has 29 heavy (non-hydrogen) atoms. The minimum atomic E-state index is -0.0923. The number of likely N-dealkylation sites (N-methyl/N-ethyl adjacent to an activating group) is 1. The number of rotatable bonds is 6. The average Bonchev–Trinajstić information content (AvgIpc) is 3.32. The Morgan fingerprint density at radius 1 is 1.07 bits per heavy atom. The van der Waals surface area contributed by atoms with Gasteiger partial charge in [-0.25, -0.2) is 4.98 Å². The van der Waals surface area contributed by atoms with Gasteiger partial charge in [0.25, 0.3) is 0 Å². The number of hydrogen-bond donors (Lipinski definition) is 3. The van der Waals surface area contributed by atoms with Gasteiger partial charge in [0.05, 0.1) is 28.4 Å². The van der Waals surface area contributed by atoms with Crippen LogP contribution in [0.4, 0.5) is 0 Å². The van der Waals surface area contributed by atoms with Gasteiger partial charge < -0.3 is 29.1 Å². The number of benzene rings is 1. The van der Waals surface area contributed by atoms with Crippen molar-refractivity contribution in [3.05, 3.63) is 28.9 Å². The summed E-state index contributed by atoms with van der Waals surface area (Å²) in [6.45, 7) is 4.11. The first kappa shape index (κ1) is 19.7. The molecule has 2 aromatic heterocycles. The third-order valence-electron chi connectivity index (χ3n) is 5.58. The second-order valence-electron chi connectivity index (χ2n) is 7.25. The number of methoxy groups -OCH3 is 3. The van der Waals surface area contributed by atoms with Crippen LogP contribution in [0, 0.1) is 0 Å². The highest BCUT2D eigenvalue weighted by Gasteiger charge is 2.36. The van der Waals surface area contributed by atoms with Crippen LogP contribution in [0.15, 0.2) is 18.5 Å². The Morgan fingerprint density at radius 3 is 2.28 bits per heavy atom. The lowest BCUT2D eigenvalue weighted by Crippen LogP contribution is -3.27. The lowest BCUT2D eigenvalue weighted by molar-refractivity contribution is -1.02. The molecule has 1 aliphatic heterocycles. The van der Waals surface area contributed by atoms with E-state index in [9.17, 15) is 5.11 Å². The highest BCUT2D eigenvalue weighted by molar-refractivity contribution is 7.17. The molecular formula is C19H27N5O4S+2. The van der Waals surface area contributed by atoms with E-state index in [2.05, 4.69) is 17.1 Å². The van der Waals surface area contributed by atoms with Gasteiger partial charge in [-0.05, 0) is 12.1 Å². The molecule has 0 bridgehead atoms. The first-order valence-corrected chi connectivity index (χ1v) is 10.4. The fourth-order valence-electron chi connectivity index (χ4n) is 4.01. The topological polar surface area (TPSA) is 87.0 Å². The van der Waals surface area contributed by atoms with Crippen molar-refractivity contribution < 1.29 is 29.1 Å². The predicted molar refractivity (Wildman–Crippen MR) is 108 cm³/mol. The van der Waals surface area contributed by atoms with Crippen molar-refractivity contribution >= 4 is 16.3 Å². The molecule has 156 valence electrons. The van der Waals surface area contributed by atoms with Crippen LogP contribution >= 0.6 is 11.3 Å². The standard InChI is InChI=1S/C19H25N5O4S/c1-22-5-7-23(8-6-22)15(17-18(25)24-19(29-17)20-11-21-24)12-9-13(26-2)16(28-4)14(10-12)27-3/h9-11,15,25H,5-8H2,1-4H3/p+2/t15-/m1/s1. The Bertz CT molecular complexity index is 971. The molecule has 1 fully saturated rings. The van der Waals surface area contributed by atoms with Crippen LogP contribution in [0.1, 0.15) is 16.5 Å². The van der Waals surface area contributed by atoms with E-state index < -0.39 is 0 Å². The van der Waals surface area contributed by atoms with Crippen molar-refractivity contribution in [2.24, 2.45) is 0 Å². The lowest BCUT2D eigenvalue weighted by Gasteiger charge is -2.33. The third-order valence-corrected chi connectivity index (χ3v) is 6.67. The number of fused-ring (bicyclic) bond motifs is 1. The van der Waals surface area contributed by atoms with Crippen LogP contribution in [0.5, 0.6) is 23.1 Å². The molecule has 3 aromatic rings. The summed E-state index contributed by atoms with van der Waals surface area (Å²) in [6, 6.07) is 3.85. The SMILES string of the molecule is COc1cc([C@H](c2sc3ncnn3c2O)[NH+]2CC[NH+](C)CC2)cc(OC)c1OC. The maximum atomic E-state index is 10.9. The molecule has 1 saturated heterocycles. The Hall–Kier alpha value is -2.56. The molecule has 0 amide bonds. The van der Waals surface area contributed by atoms with Crippen molar-refractivity contribution in [1.82, 2.24) is 14.6 Å². The van der Waals surface area contributed by atoms with Crippen molar-refractivity contribution in [3.63, 3.8) is 0 Å². The minimum absolute atomic E-state index is 0.0923. The van der Waals surface area contributed by atoms with Gasteiger partial charge in [-0.3, -0.25) is 0 Å². The van der Waals surface area contributed by atoms with Crippen LogP contribution in [-0.2, 0) is 0 Å². The van der Waals surface area contributed by atoms with Gasteiger partial charge >= 0.3 is 0 Å². The molecule has 3 N–H and O–H groups in total. The zero-order chi connectivity index (χ0) is 20.5. The van der Waals surface area contributed by atoms with Gasteiger partial charge in [0.15, 0.2) is 17.5 Å². The van der Waals surface area contributed by atoms with E-state index in [-0.39, 0.29) is 11.9 Å². The summed E-state index contributed by atoms with van der Waals surface area (Å²) in [5.74, 6) is 1.90. The molecule has 1 aliphatic rings. The number of quaternary nitrogens is 2. The monoisotopic (exact) mass is 421 g/mol. The minimum Gasteiger partial charge on any atom is -0.493 e. The molecular weight excluding hydrogens is 394 g/mol. The van der Waals surface area contributed by atoms with Gasteiger partial charge in [0, 0.05) is 5.56 Å². The summed E-state index contributed by atoms with van der Waals surface area (Å²) in [5.41, 5.74) is 0.994. The van der Waals surface area contributed by atoms with E-state index in [1.807, 2.05) is 12.1 Å². The quantitative estimate of drug-likeness (QED) is 0.475. The van der Waals surface area contributed by atoms with Crippen LogP contribution in [0.2, 0.25) is 0 Å². The van der Waals surface area contributed by atoms with Gasteiger partial charge in [0.1, 0.15) is 37.4 Å². The van der Waals surface area contributed by atoms with Crippen LogP contribution in [-0.4, -0.2) is 74.3 Å². The van der Waals surface area contributed by atoms with Crippen molar-refractivity contribution in [3.8, 4) is 23.1 Å². The number of nitrogens with one attached hydrogen (secondary N) is 2. The Morgan fingerprint density at radius 2 is 1.72 bits per heavy atom. The smallest absolute Gasteiger partial charge is 0.235 e. The van der Waals surface area contributed by atoms with E-state index >= 15 is 0 Å². The van der Waals surface area contributed by atoms with E-state index in [0.29, 0.717) is 22.2 Å². The van der Waals surface area contributed by atoms with E-state index in [4.69, 9.17) is 14.2 Å². The number of thiazole rings is 1. The molecule has 9 nitrogen and oxygen atoms in total. The summed E-state index contributed by atoms with van der Waals surface area (Å²) in [7, 11) is 7.04. The van der Waals surface area contributed by atoms with Gasteiger partial charge in [-0.15, -0.1) is 0 Å². The normalized spacial score (nSPS) is 20.6. The van der Waals surface area contributed by atoms with Crippen LogP contribution < -0.4 is 24.0 Å². The Kier molecular flexibility index (Phi) is 5.48. The molecule has 0 unspecified atom stereocenters. The summed E-state index contributed by atoms with van der Waals surface area (Å²) in [5, 5.41) is 15.1. The van der Waals surface area contributed by atoms with Crippen LogP contribution in [0.3, 0.4) is 0 Å². The number of piperazine rings is 1. The fraction of sp³-hybridized carbons (Fsp3) is 0.474. The number of aromatic hydroxyl groups is 1. The first-order valence-electron chi connectivity index (χ1n) is 9.54. The zero-order valence-electron chi connectivity index (χ0n) is 17.1. The van der Waals surface area contributed by atoms with Crippen molar-refractivity contribution in [2.45, 2.75) is 6.04 Å². The number of aromatic nitrogens is 3. The number of hydrogen-bond acceptors (Lipinski definition) is 7. The average molecular weight is 422 g/mol. The van der Waals surface area contributed by atoms with Gasteiger partial charge in [0.2, 0.25) is 16.6 Å². The van der Waals surface area contributed by atoms with E-state index in [1.54, 1.807) is 21.3 Å². The second-order valence-corrected chi connectivity index (χ2v) is 8.26. The maximum Gasteiger partial charge on any atom is 0.235 e. The fourth-order valence-corrected chi connectivity index (χ4v) is 5.12. The predicted octanol–water partition coefficient (Wildman–Crippen LogP) is -0.975. The molecule has 0 saturated carbocycles. The molecule has 3 heterocycles. The molecule has 0 radical (unpaired) electrons. The maximum absolute atomic E-state index is 10.9. The first-order chi connectivity index (χ1) is 14.1. The van der Waals surface area contributed by atoms with Crippen molar-refractivity contribution in [1.29, 1.82) is 0 Å². The molecule has 0 aliphatic carbocycles. The van der Waals surface area contributed by atoms with Gasteiger partial charge in [-0.2, -0.15) is 9.61 Å². The van der Waals surface area contributed by atoms with Crippen LogP contribution in [0.25, 0.3) is 4.96 Å². The zero-order valence-corrected chi connectivity index (χ0v) is 17.9. The highest BCUT2D eigenvalue weighted by Crippen LogP contribution is 2.42. The lowest BCUT2D eigenvalue weighted by atomic mass is 10.0. The Balaban J connectivity index is 1.86. The molecule has 1 atom stereocenters. The molecule has 0 spiro atoms. The number of nitrogens with zero attached hydrogens (tertiary/aromatic N) is 3. The second kappa shape index (κ2) is 8.05. The van der Waals surface area contributed by atoms with Crippen molar-refractivity contribution in [2.75, 3.05) is 54.6 Å². The molecule has 1 aromatic carbocycles. The van der Waals surface area contributed by atoms with Gasteiger partial charge in [-0.1, -0.05) is 11.3 Å². The summed E-state index contributed by atoms with van der Waals surface area (Å²) in [4.78, 5) is 8.67.